The molecule has 0 aliphatic carbocycles. The van der Waals surface area contributed by atoms with E-state index in [1.54, 1.807) is 4.31 Å². The second-order valence-corrected chi connectivity index (χ2v) is 6.70. The van der Waals surface area contributed by atoms with Crippen molar-refractivity contribution in [1.82, 2.24) is 8.61 Å². The monoisotopic (exact) mass is 276 g/mol. The average molecular weight is 276 g/mol. The van der Waals surface area contributed by atoms with E-state index in [1.807, 2.05) is 13.8 Å². The molecule has 1 atom stereocenters. The van der Waals surface area contributed by atoms with Crippen molar-refractivity contribution < 1.29 is 8.42 Å². The van der Waals surface area contributed by atoms with Crippen LogP contribution in [0.5, 0.6) is 0 Å². The first-order valence-corrected chi connectivity index (χ1v) is 7.89. The van der Waals surface area contributed by atoms with Gasteiger partial charge >= 0.3 is 0 Å². The van der Waals surface area contributed by atoms with Crippen LogP contribution in [-0.4, -0.2) is 48.5 Å². The minimum absolute atomic E-state index is 0.0145. The maximum atomic E-state index is 12.5. The molecule has 0 radical (unpaired) electrons. The minimum atomic E-state index is -3.48. The number of rotatable bonds is 6. The lowest BCUT2D eigenvalue weighted by atomic mass is 10.1. The Morgan fingerprint density at radius 3 is 2.67 bits per heavy atom. The smallest absolute Gasteiger partial charge is 0.282 e. The molecular formula is C11H24N4O2S. The van der Waals surface area contributed by atoms with Gasteiger partial charge in [0.05, 0.1) is 6.54 Å². The van der Waals surface area contributed by atoms with E-state index < -0.39 is 10.2 Å². The first-order valence-electron chi connectivity index (χ1n) is 6.49. The van der Waals surface area contributed by atoms with E-state index >= 15 is 0 Å². The first-order chi connectivity index (χ1) is 8.39. The second-order valence-electron chi connectivity index (χ2n) is 4.82. The zero-order valence-electron chi connectivity index (χ0n) is 11.2. The van der Waals surface area contributed by atoms with Gasteiger partial charge in [0.15, 0.2) is 0 Å². The van der Waals surface area contributed by atoms with E-state index in [0.717, 1.165) is 19.3 Å². The van der Waals surface area contributed by atoms with Crippen molar-refractivity contribution in [3.8, 4) is 0 Å². The second kappa shape index (κ2) is 6.49. The molecule has 106 valence electrons. The van der Waals surface area contributed by atoms with E-state index in [2.05, 4.69) is 0 Å². The van der Waals surface area contributed by atoms with E-state index in [4.69, 9.17) is 11.1 Å². The van der Waals surface area contributed by atoms with E-state index in [-0.39, 0.29) is 18.4 Å². The fourth-order valence-electron chi connectivity index (χ4n) is 2.28. The summed E-state index contributed by atoms with van der Waals surface area (Å²) < 4.78 is 27.9. The number of nitrogens with two attached hydrogens (primary N) is 1. The molecular weight excluding hydrogens is 252 g/mol. The lowest BCUT2D eigenvalue weighted by molar-refractivity contribution is 0.248. The molecule has 0 spiro atoms. The number of nitrogens with one attached hydrogen (secondary N) is 1. The fourth-order valence-corrected chi connectivity index (χ4v) is 4.21. The SMILES string of the molecule is CCCN(CC(=N)N)S(=O)(=O)N1CCCCC1C. The molecule has 0 aromatic heterocycles. The largest absolute Gasteiger partial charge is 0.387 e. The average Bonchev–Trinajstić information content (AvgIpc) is 2.28. The third-order valence-electron chi connectivity index (χ3n) is 3.18. The Morgan fingerprint density at radius 1 is 1.50 bits per heavy atom. The number of nitrogens with zero attached hydrogens (tertiary/aromatic N) is 2. The van der Waals surface area contributed by atoms with Crippen LogP contribution < -0.4 is 5.73 Å². The molecule has 0 saturated carbocycles. The van der Waals surface area contributed by atoms with Crippen LogP contribution in [0, 0.1) is 5.41 Å². The van der Waals surface area contributed by atoms with Crippen molar-refractivity contribution in [1.29, 1.82) is 5.41 Å². The van der Waals surface area contributed by atoms with Gasteiger partial charge in [-0.2, -0.15) is 17.0 Å². The van der Waals surface area contributed by atoms with Gasteiger partial charge in [0, 0.05) is 19.1 Å². The summed E-state index contributed by atoms with van der Waals surface area (Å²) in [7, 11) is -3.48. The van der Waals surface area contributed by atoms with Crippen LogP contribution in [0.1, 0.15) is 39.5 Å². The van der Waals surface area contributed by atoms with Crippen LogP contribution in [0.15, 0.2) is 0 Å². The highest BCUT2D eigenvalue weighted by atomic mass is 32.2. The maximum Gasteiger partial charge on any atom is 0.282 e. The summed E-state index contributed by atoms with van der Waals surface area (Å²) in [6.45, 7) is 4.82. The molecule has 0 aromatic rings. The molecule has 3 N–H and O–H groups in total. The van der Waals surface area contributed by atoms with Crippen LogP contribution in [0.3, 0.4) is 0 Å². The summed E-state index contributed by atoms with van der Waals surface area (Å²) in [4.78, 5) is 0. The van der Waals surface area contributed by atoms with Gasteiger partial charge in [-0.25, -0.2) is 0 Å². The number of hydrogen-bond acceptors (Lipinski definition) is 3. The number of piperidine rings is 1. The third-order valence-corrected chi connectivity index (χ3v) is 5.28. The van der Waals surface area contributed by atoms with Crippen molar-refractivity contribution in [3.63, 3.8) is 0 Å². The molecule has 7 heteroatoms. The summed E-state index contributed by atoms with van der Waals surface area (Å²) in [6, 6.07) is 0.0371. The molecule has 1 aliphatic rings. The number of hydrogen-bond donors (Lipinski definition) is 2. The Bertz CT molecular complexity index is 383. The highest BCUT2D eigenvalue weighted by molar-refractivity contribution is 7.86. The highest BCUT2D eigenvalue weighted by Crippen LogP contribution is 2.22. The molecule has 1 heterocycles. The molecule has 0 bridgehead atoms. The van der Waals surface area contributed by atoms with Gasteiger partial charge in [-0.1, -0.05) is 13.3 Å². The Morgan fingerprint density at radius 2 is 2.17 bits per heavy atom. The normalized spacial score (nSPS) is 22.3. The lowest BCUT2D eigenvalue weighted by Crippen LogP contribution is -2.51. The summed E-state index contributed by atoms with van der Waals surface area (Å²) in [5.74, 6) is -0.114. The molecule has 18 heavy (non-hydrogen) atoms. The zero-order valence-corrected chi connectivity index (χ0v) is 12.0. The molecule has 1 unspecified atom stereocenters. The molecule has 6 nitrogen and oxygen atoms in total. The van der Waals surface area contributed by atoms with Crippen LogP contribution in [-0.2, 0) is 10.2 Å². The molecule has 1 fully saturated rings. The van der Waals surface area contributed by atoms with Crippen LogP contribution >= 0.6 is 0 Å². The van der Waals surface area contributed by atoms with Crippen molar-refractivity contribution in [3.05, 3.63) is 0 Å². The summed E-state index contributed by atoms with van der Waals surface area (Å²) in [5, 5.41) is 7.30. The molecule has 1 aliphatic heterocycles. The highest BCUT2D eigenvalue weighted by Gasteiger charge is 2.34. The van der Waals surface area contributed by atoms with Gasteiger partial charge in [0.1, 0.15) is 5.84 Å². The van der Waals surface area contributed by atoms with Gasteiger partial charge < -0.3 is 5.73 Å². The van der Waals surface area contributed by atoms with Crippen molar-refractivity contribution in [2.75, 3.05) is 19.6 Å². The Labute approximate surface area is 110 Å². The zero-order chi connectivity index (χ0) is 13.8. The number of amidine groups is 1. The van der Waals surface area contributed by atoms with E-state index in [1.165, 1.54) is 4.31 Å². The minimum Gasteiger partial charge on any atom is -0.387 e. The van der Waals surface area contributed by atoms with Gasteiger partial charge in [-0.3, -0.25) is 5.41 Å². The fraction of sp³-hybridized carbons (Fsp3) is 0.909. The van der Waals surface area contributed by atoms with Crippen molar-refractivity contribution in [2.24, 2.45) is 5.73 Å². The van der Waals surface area contributed by atoms with Crippen LogP contribution in [0.2, 0.25) is 0 Å². The standard InChI is InChI=1S/C11H24N4O2S/c1-3-7-14(9-11(12)13)18(16,17)15-8-5-4-6-10(15)2/h10H,3-9H2,1-2H3,(H3,12,13). The molecule has 1 rings (SSSR count). The van der Waals surface area contributed by atoms with Gasteiger partial charge in [0.25, 0.3) is 10.2 Å². The molecule has 0 aromatic carbocycles. The van der Waals surface area contributed by atoms with E-state index in [9.17, 15) is 8.42 Å². The predicted molar refractivity (Wildman–Crippen MR) is 72.7 cm³/mol. The molecule has 0 amide bonds. The maximum absolute atomic E-state index is 12.5. The topological polar surface area (TPSA) is 90.5 Å². The van der Waals surface area contributed by atoms with Gasteiger partial charge in [-0.05, 0) is 26.2 Å². The van der Waals surface area contributed by atoms with E-state index in [0.29, 0.717) is 19.5 Å². The Kier molecular flexibility index (Phi) is 5.55. The van der Waals surface area contributed by atoms with Crippen LogP contribution in [0.25, 0.3) is 0 Å². The predicted octanol–water partition coefficient (Wildman–Crippen LogP) is 0.754. The quantitative estimate of drug-likeness (QED) is 0.554. The lowest BCUT2D eigenvalue weighted by Gasteiger charge is -2.36. The van der Waals surface area contributed by atoms with Crippen molar-refractivity contribution >= 4 is 16.0 Å². The summed E-state index contributed by atoms with van der Waals surface area (Å²) >= 11 is 0. The van der Waals surface area contributed by atoms with Gasteiger partial charge in [0.2, 0.25) is 0 Å². The summed E-state index contributed by atoms with van der Waals surface area (Å²) in [5.41, 5.74) is 5.34. The van der Waals surface area contributed by atoms with Crippen LogP contribution in [0.4, 0.5) is 0 Å². The summed E-state index contributed by atoms with van der Waals surface area (Å²) in [6.07, 6.45) is 3.60. The Balaban J connectivity index is 2.88. The Hall–Kier alpha value is -0.660. The van der Waals surface area contributed by atoms with Gasteiger partial charge in [-0.15, -0.1) is 0 Å². The molecule has 1 saturated heterocycles. The first kappa shape index (κ1) is 15.4. The van der Waals surface area contributed by atoms with Crippen molar-refractivity contribution in [2.45, 2.75) is 45.6 Å². The third kappa shape index (κ3) is 3.66.